The van der Waals surface area contributed by atoms with Gasteiger partial charge in [0.15, 0.2) is 17.5 Å². The molecule has 0 saturated carbocycles. The van der Waals surface area contributed by atoms with Crippen LogP contribution >= 0.6 is 0 Å². The molecule has 8 aromatic carbocycles. The van der Waals surface area contributed by atoms with Crippen molar-refractivity contribution in [1.29, 1.82) is 0 Å². The van der Waals surface area contributed by atoms with Gasteiger partial charge >= 0.3 is 0 Å². The quantitative estimate of drug-likeness (QED) is 0.186. The number of rotatable bonds is 5. The van der Waals surface area contributed by atoms with E-state index in [4.69, 9.17) is 19.4 Å². The lowest BCUT2D eigenvalue weighted by atomic mass is 9.94. The minimum atomic E-state index is 0.596. The Morgan fingerprint density at radius 1 is 0.333 bits per heavy atom. The largest absolute Gasteiger partial charge is 0.456 e. The molecule has 4 heteroatoms. The zero-order valence-corrected chi connectivity index (χ0v) is 27.5. The average Bonchev–Trinajstić information content (AvgIpc) is 3.59. The van der Waals surface area contributed by atoms with E-state index in [-0.39, 0.29) is 0 Å². The van der Waals surface area contributed by atoms with Gasteiger partial charge in [0.2, 0.25) is 0 Å². The fourth-order valence-corrected chi connectivity index (χ4v) is 7.18. The lowest BCUT2D eigenvalue weighted by molar-refractivity contribution is 0.669. The molecule has 0 radical (unpaired) electrons. The highest BCUT2D eigenvalue weighted by Gasteiger charge is 2.22. The van der Waals surface area contributed by atoms with Gasteiger partial charge in [-0.3, -0.25) is 0 Å². The van der Waals surface area contributed by atoms with Crippen LogP contribution in [0.2, 0.25) is 0 Å². The van der Waals surface area contributed by atoms with Crippen LogP contribution in [-0.2, 0) is 0 Å². The van der Waals surface area contributed by atoms with Crippen LogP contribution in [0.25, 0.3) is 99.9 Å². The highest BCUT2D eigenvalue weighted by molar-refractivity contribution is 6.15. The number of furan rings is 1. The van der Waals surface area contributed by atoms with Crippen LogP contribution in [-0.4, -0.2) is 15.0 Å². The van der Waals surface area contributed by atoms with E-state index >= 15 is 0 Å². The third kappa shape index (κ3) is 5.13. The number of aromatic nitrogens is 3. The van der Waals surface area contributed by atoms with Gasteiger partial charge in [0, 0.05) is 27.5 Å². The van der Waals surface area contributed by atoms with Gasteiger partial charge < -0.3 is 4.42 Å². The van der Waals surface area contributed by atoms with Crippen molar-refractivity contribution in [1.82, 2.24) is 15.0 Å². The van der Waals surface area contributed by atoms with Crippen molar-refractivity contribution < 1.29 is 4.42 Å². The Kier molecular flexibility index (Phi) is 6.78. The Labute approximate surface area is 294 Å². The second kappa shape index (κ2) is 11.9. The number of nitrogens with zero attached hydrogens (tertiary/aromatic N) is 3. The molecule has 0 unspecified atom stereocenters. The Morgan fingerprint density at radius 2 is 0.863 bits per heavy atom. The van der Waals surface area contributed by atoms with E-state index in [0.717, 1.165) is 65.9 Å². The summed E-state index contributed by atoms with van der Waals surface area (Å²) in [7, 11) is 0. The topological polar surface area (TPSA) is 51.8 Å². The predicted octanol–water partition coefficient (Wildman–Crippen LogP) is 12.4. The summed E-state index contributed by atoms with van der Waals surface area (Å²) in [6.07, 6.45) is 0. The summed E-state index contributed by atoms with van der Waals surface area (Å²) in [5.74, 6) is 1.82. The third-order valence-corrected chi connectivity index (χ3v) is 9.70. The minimum Gasteiger partial charge on any atom is -0.456 e. The van der Waals surface area contributed by atoms with Crippen LogP contribution in [0.15, 0.2) is 180 Å². The average molecular weight is 652 g/mol. The highest BCUT2D eigenvalue weighted by atomic mass is 16.3. The van der Waals surface area contributed by atoms with Crippen molar-refractivity contribution in [3.05, 3.63) is 176 Å². The van der Waals surface area contributed by atoms with Crippen LogP contribution in [0.3, 0.4) is 0 Å². The lowest BCUT2D eigenvalue weighted by Gasteiger charge is -2.14. The maximum absolute atomic E-state index is 6.40. The molecule has 238 valence electrons. The standard InChI is InChI=1S/C47H29N3O/c1-3-11-30(12-4-1)34-20-21-36-29-38(24-22-35(36)27-34)46-48-45(37-23-19-31-13-7-8-16-33(31)28-37)49-47(50-46)44-39(32-14-5-2-6-15-32)25-26-42-43(44)40-17-9-10-18-41(40)51-42/h1-29H. The minimum absolute atomic E-state index is 0.596. The lowest BCUT2D eigenvalue weighted by Crippen LogP contribution is -2.01. The molecule has 0 amide bonds. The van der Waals surface area contributed by atoms with Crippen molar-refractivity contribution >= 4 is 43.5 Å². The van der Waals surface area contributed by atoms with E-state index in [1.165, 1.54) is 16.5 Å². The van der Waals surface area contributed by atoms with Gasteiger partial charge in [-0.05, 0) is 80.2 Å². The maximum Gasteiger partial charge on any atom is 0.165 e. The molecule has 0 N–H and O–H groups in total. The Hall–Kier alpha value is -6.91. The van der Waals surface area contributed by atoms with Crippen LogP contribution in [0.5, 0.6) is 0 Å². The fourth-order valence-electron chi connectivity index (χ4n) is 7.18. The van der Waals surface area contributed by atoms with E-state index in [2.05, 4.69) is 146 Å². The zero-order valence-electron chi connectivity index (χ0n) is 27.5. The van der Waals surface area contributed by atoms with Crippen molar-refractivity contribution in [2.45, 2.75) is 0 Å². The Balaban J connectivity index is 1.23. The molecule has 0 aliphatic rings. The predicted molar refractivity (Wildman–Crippen MR) is 209 cm³/mol. The van der Waals surface area contributed by atoms with Crippen molar-refractivity contribution in [3.63, 3.8) is 0 Å². The van der Waals surface area contributed by atoms with Crippen molar-refractivity contribution in [3.8, 4) is 56.4 Å². The summed E-state index contributed by atoms with van der Waals surface area (Å²) < 4.78 is 6.40. The van der Waals surface area contributed by atoms with Crippen LogP contribution in [0.1, 0.15) is 0 Å². The fraction of sp³-hybridized carbons (Fsp3) is 0. The Bertz CT molecular complexity index is 2910. The third-order valence-electron chi connectivity index (χ3n) is 9.70. The molecule has 10 rings (SSSR count). The summed E-state index contributed by atoms with van der Waals surface area (Å²) in [6.45, 7) is 0. The number of hydrogen-bond donors (Lipinski definition) is 0. The first-order valence-corrected chi connectivity index (χ1v) is 17.1. The van der Waals surface area contributed by atoms with Crippen LogP contribution in [0, 0.1) is 0 Å². The summed E-state index contributed by atoms with van der Waals surface area (Å²) in [5.41, 5.74) is 8.88. The highest BCUT2D eigenvalue weighted by Crippen LogP contribution is 2.42. The van der Waals surface area contributed by atoms with Gasteiger partial charge in [0.05, 0.1) is 0 Å². The van der Waals surface area contributed by atoms with Gasteiger partial charge in [-0.1, -0.05) is 140 Å². The van der Waals surface area contributed by atoms with Gasteiger partial charge in [-0.15, -0.1) is 0 Å². The van der Waals surface area contributed by atoms with E-state index < -0.39 is 0 Å². The summed E-state index contributed by atoms with van der Waals surface area (Å²) in [4.78, 5) is 15.7. The molecule has 0 fully saturated rings. The molecular formula is C47H29N3O. The monoisotopic (exact) mass is 651 g/mol. The summed E-state index contributed by atoms with van der Waals surface area (Å²) in [5, 5.41) is 6.59. The first-order chi connectivity index (χ1) is 25.2. The summed E-state index contributed by atoms with van der Waals surface area (Å²) >= 11 is 0. The van der Waals surface area contributed by atoms with E-state index in [0.29, 0.717) is 17.5 Å². The molecule has 0 atom stereocenters. The molecular weight excluding hydrogens is 623 g/mol. The van der Waals surface area contributed by atoms with Crippen LogP contribution in [0.4, 0.5) is 0 Å². The van der Waals surface area contributed by atoms with Crippen molar-refractivity contribution in [2.75, 3.05) is 0 Å². The van der Waals surface area contributed by atoms with E-state index in [1.807, 2.05) is 30.3 Å². The molecule has 0 aliphatic heterocycles. The van der Waals surface area contributed by atoms with Crippen LogP contribution < -0.4 is 0 Å². The van der Waals surface area contributed by atoms with Crippen molar-refractivity contribution in [2.24, 2.45) is 0 Å². The molecule has 2 aromatic heterocycles. The molecule has 0 aliphatic carbocycles. The smallest absolute Gasteiger partial charge is 0.165 e. The first-order valence-electron chi connectivity index (χ1n) is 17.1. The summed E-state index contributed by atoms with van der Waals surface area (Å²) in [6, 6.07) is 61.1. The van der Waals surface area contributed by atoms with E-state index in [9.17, 15) is 0 Å². The van der Waals surface area contributed by atoms with E-state index in [1.54, 1.807) is 0 Å². The van der Waals surface area contributed by atoms with Gasteiger partial charge in [0.1, 0.15) is 11.2 Å². The molecule has 0 saturated heterocycles. The maximum atomic E-state index is 6.40. The van der Waals surface area contributed by atoms with Gasteiger partial charge in [-0.2, -0.15) is 0 Å². The normalized spacial score (nSPS) is 11.5. The number of hydrogen-bond acceptors (Lipinski definition) is 4. The molecule has 10 aromatic rings. The first kappa shape index (κ1) is 29.0. The molecule has 4 nitrogen and oxygen atoms in total. The zero-order chi connectivity index (χ0) is 33.7. The molecule has 2 heterocycles. The second-order valence-electron chi connectivity index (χ2n) is 12.8. The Morgan fingerprint density at radius 3 is 1.59 bits per heavy atom. The SMILES string of the molecule is c1ccc(-c2ccc3cc(-c4nc(-c5ccc6ccccc6c5)nc(-c5c(-c6ccccc6)ccc6oc7ccccc7c56)n4)ccc3c2)cc1. The second-order valence-corrected chi connectivity index (χ2v) is 12.8. The number of para-hydroxylation sites is 1. The van der Waals surface area contributed by atoms with Gasteiger partial charge in [0.25, 0.3) is 0 Å². The van der Waals surface area contributed by atoms with Gasteiger partial charge in [-0.25, -0.2) is 15.0 Å². The molecule has 0 spiro atoms. The number of benzene rings is 8. The molecule has 51 heavy (non-hydrogen) atoms. The molecule has 0 bridgehead atoms. The number of fused-ring (bicyclic) bond motifs is 5.